The van der Waals surface area contributed by atoms with Crippen molar-refractivity contribution < 1.29 is 5.11 Å². The first-order valence-electron chi connectivity index (χ1n) is 8.43. The van der Waals surface area contributed by atoms with Gasteiger partial charge in [0.1, 0.15) is 0 Å². The van der Waals surface area contributed by atoms with Gasteiger partial charge in [0.05, 0.1) is 6.10 Å². The van der Waals surface area contributed by atoms with Gasteiger partial charge in [0.25, 0.3) is 0 Å². The highest BCUT2D eigenvalue weighted by molar-refractivity contribution is 4.81. The Hall–Kier alpha value is -0.300. The van der Waals surface area contributed by atoms with Crippen LogP contribution < -0.4 is 0 Å². The second-order valence-electron chi connectivity index (χ2n) is 5.67. The van der Waals surface area contributed by atoms with Gasteiger partial charge in [-0.25, -0.2) is 0 Å². The molecule has 1 nitrogen and oxygen atoms in total. The number of unbranched alkanes of at least 4 members (excludes halogenated alkanes) is 10. The van der Waals surface area contributed by atoms with E-state index in [-0.39, 0.29) is 6.10 Å². The molecule has 0 fully saturated rings. The van der Waals surface area contributed by atoms with E-state index in [1.54, 1.807) is 0 Å². The molecule has 0 spiro atoms. The van der Waals surface area contributed by atoms with Crippen molar-refractivity contribution in [1.82, 2.24) is 0 Å². The third-order valence-electron chi connectivity index (χ3n) is 3.55. The summed E-state index contributed by atoms with van der Waals surface area (Å²) in [7, 11) is 0. The second-order valence-corrected chi connectivity index (χ2v) is 5.67. The molecule has 0 saturated carbocycles. The summed E-state index contributed by atoms with van der Waals surface area (Å²) in [6, 6.07) is 0. The van der Waals surface area contributed by atoms with Crippen molar-refractivity contribution in [2.24, 2.45) is 0 Å². The highest BCUT2D eigenvalue weighted by Gasteiger charge is 1.94. The van der Waals surface area contributed by atoms with E-state index in [9.17, 15) is 0 Å². The fraction of sp³-hybridized carbons (Fsp3) is 0.833. The summed E-state index contributed by atoms with van der Waals surface area (Å²) in [4.78, 5) is 0. The van der Waals surface area contributed by atoms with E-state index in [2.05, 4.69) is 26.0 Å². The van der Waals surface area contributed by atoms with Crippen LogP contribution in [0.5, 0.6) is 0 Å². The van der Waals surface area contributed by atoms with Gasteiger partial charge in [-0.1, -0.05) is 70.4 Å². The lowest BCUT2D eigenvalue weighted by Gasteiger charge is -2.02. The van der Waals surface area contributed by atoms with Gasteiger partial charge in [-0.05, 0) is 39.0 Å². The Kier molecular flexibility index (Phi) is 15.5. The molecule has 1 radical (unpaired) electrons. The first-order chi connectivity index (χ1) is 9.27. The number of hydrogen-bond donors (Lipinski definition) is 1. The molecule has 0 aliphatic heterocycles. The maximum atomic E-state index is 9.02. The Morgan fingerprint density at radius 3 is 1.79 bits per heavy atom. The summed E-state index contributed by atoms with van der Waals surface area (Å²) in [5.41, 5.74) is 0. The van der Waals surface area contributed by atoms with E-state index in [1.807, 2.05) is 0 Å². The molecule has 0 heterocycles. The predicted molar refractivity (Wildman–Crippen MR) is 86.2 cm³/mol. The summed E-state index contributed by atoms with van der Waals surface area (Å²) < 4.78 is 0. The zero-order chi connectivity index (χ0) is 14.2. The molecule has 0 rings (SSSR count). The van der Waals surface area contributed by atoms with Gasteiger partial charge in [-0.2, -0.15) is 0 Å². The fourth-order valence-electron chi connectivity index (χ4n) is 2.27. The smallest absolute Gasteiger partial charge is 0.0541 e. The molecule has 19 heavy (non-hydrogen) atoms. The minimum Gasteiger partial charge on any atom is -0.393 e. The molecule has 1 unspecified atom stereocenters. The zero-order valence-corrected chi connectivity index (χ0v) is 13.1. The molecule has 0 aromatic heterocycles. The van der Waals surface area contributed by atoms with Crippen LogP contribution in [-0.4, -0.2) is 11.2 Å². The average Bonchev–Trinajstić information content (AvgIpc) is 2.39. The van der Waals surface area contributed by atoms with Crippen molar-refractivity contribution in [1.29, 1.82) is 0 Å². The third-order valence-corrected chi connectivity index (χ3v) is 3.55. The van der Waals surface area contributed by atoms with Gasteiger partial charge in [-0.15, -0.1) is 0 Å². The van der Waals surface area contributed by atoms with Crippen LogP contribution in [0.25, 0.3) is 0 Å². The minimum absolute atomic E-state index is 0.368. The monoisotopic (exact) mass is 267 g/mol. The lowest BCUT2D eigenvalue weighted by atomic mass is 10.1. The SMILES string of the molecule is [CH2]C(O)CCCCC/C=C/CCCCCCCCC. The standard InChI is InChI=1S/C18H35O/c1-3-4-5-6-7-8-9-10-11-12-13-14-15-16-17-18(2)19/h11-12,18-19H,2-10,13-17H2,1H3/b12-11+. The maximum absolute atomic E-state index is 9.02. The highest BCUT2D eigenvalue weighted by atomic mass is 16.3. The molecular formula is C18H35O. The Morgan fingerprint density at radius 2 is 1.26 bits per heavy atom. The van der Waals surface area contributed by atoms with E-state index >= 15 is 0 Å². The number of hydrogen-bond acceptors (Lipinski definition) is 1. The predicted octanol–water partition coefficient (Wildman–Crippen LogP) is 5.83. The molecular weight excluding hydrogens is 232 g/mol. The van der Waals surface area contributed by atoms with Crippen LogP contribution in [0.2, 0.25) is 0 Å². The Bertz CT molecular complexity index is 184. The van der Waals surface area contributed by atoms with Crippen molar-refractivity contribution in [3.63, 3.8) is 0 Å². The van der Waals surface area contributed by atoms with E-state index < -0.39 is 0 Å². The van der Waals surface area contributed by atoms with Crippen LogP contribution in [0.1, 0.15) is 90.4 Å². The lowest BCUT2D eigenvalue weighted by Crippen LogP contribution is -1.98. The van der Waals surface area contributed by atoms with Crippen LogP contribution in [0.15, 0.2) is 12.2 Å². The minimum atomic E-state index is -0.368. The first-order valence-corrected chi connectivity index (χ1v) is 8.43. The molecule has 0 bridgehead atoms. The molecule has 0 aromatic rings. The first kappa shape index (κ1) is 18.7. The lowest BCUT2D eigenvalue weighted by molar-refractivity contribution is 0.205. The van der Waals surface area contributed by atoms with Crippen LogP contribution >= 0.6 is 0 Å². The van der Waals surface area contributed by atoms with Gasteiger partial charge >= 0.3 is 0 Å². The Labute approximate surface area is 121 Å². The molecule has 1 heteroatoms. The quantitative estimate of drug-likeness (QED) is 0.310. The molecule has 113 valence electrons. The van der Waals surface area contributed by atoms with Crippen molar-refractivity contribution in [2.75, 3.05) is 0 Å². The van der Waals surface area contributed by atoms with Crippen molar-refractivity contribution in [3.8, 4) is 0 Å². The normalized spacial score (nSPS) is 13.2. The number of aliphatic hydroxyl groups excluding tert-OH is 1. The number of rotatable bonds is 14. The molecule has 0 aliphatic rings. The van der Waals surface area contributed by atoms with Crippen LogP contribution in [0, 0.1) is 6.92 Å². The van der Waals surface area contributed by atoms with E-state index in [4.69, 9.17) is 5.11 Å². The molecule has 0 saturated heterocycles. The maximum Gasteiger partial charge on any atom is 0.0541 e. The summed E-state index contributed by atoms with van der Waals surface area (Å²) in [6.45, 7) is 5.85. The topological polar surface area (TPSA) is 20.2 Å². The van der Waals surface area contributed by atoms with Crippen molar-refractivity contribution in [3.05, 3.63) is 19.1 Å². The molecule has 1 N–H and O–H groups in total. The number of allylic oxidation sites excluding steroid dienone is 2. The molecule has 0 aromatic carbocycles. The second kappa shape index (κ2) is 15.8. The zero-order valence-electron chi connectivity index (χ0n) is 13.1. The van der Waals surface area contributed by atoms with Crippen molar-refractivity contribution >= 4 is 0 Å². The molecule has 1 atom stereocenters. The van der Waals surface area contributed by atoms with Crippen LogP contribution in [0.3, 0.4) is 0 Å². The summed E-state index contributed by atoms with van der Waals surface area (Å²) in [5.74, 6) is 0. The highest BCUT2D eigenvalue weighted by Crippen LogP contribution is 2.09. The largest absolute Gasteiger partial charge is 0.393 e. The van der Waals surface area contributed by atoms with E-state index in [0.29, 0.717) is 0 Å². The molecule has 0 aliphatic carbocycles. The Balaban J connectivity index is 3.05. The van der Waals surface area contributed by atoms with Crippen molar-refractivity contribution in [2.45, 2.75) is 96.5 Å². The van der Waals surface area contributed by atoms with Crippen LogP contribution in [-0.2, 0) is 0 Å². The van der Waals surface area contributed by atoms with E-state index in [1.165, 1.54) is 70.6 Å². The van der Waals surface area contributed by atoms with E-state index in [0.717, 1.165) is 12.8 Å². The Morgan fingerprint density at radius 1 is 0.789 bits per heavy atom. The summed E-state index contributed by atoms with van der Waals surface area (Å²) in [6.07, 6.45) is 21.0. The average molecular weight is 267 g/mol. The van der Waals surface area contributed by atoms with Gasteiger partial charge in [0, 0.05) is 0 Å². The summed E-state index contributed by atoms with van der Waals surface area (Å²) in [5, 5.41) is 9.02. The van der Waals surface area contributed by atoms with Gasteiger partial charge in [-0.3, -0.25) is 0 Å². The van der Waals surface area contributed by atoms with Gasteiger partial charge in [0.15, 0.2) is 0 Å². The fourth-order valence-corrected chi connectivity index (χ4v) is 2.27. The van der Waals surface area contributed by atoms with Gasteiger partial charge in [0.2, 0.25) is 0 Å². The van der Waals surface area contributed by atoms with Crippen LogP contribution in [0.4, 0.5) is 0 Å². The molecule has 0 amide bonds. The summed E-state index contributed by atoms with van der Waals surface area (Å²) >= 11 is 0. The number of aliphatic hydroxyl groups is 1. The third kappa shape index (κ3) is 17.7. The van der Waals surface area contributed by atoms with Gasteiger partial charge < -0.3 is 5.11 Å².